The zero-order valence-corrected chi connectivity index (χ0v) is 7.16. The maximum Gasteiger partial charge on any atom is 0.332 e. The summed E-state index contributed by atoms with van der Waals surface area (Å²) in [5.41, 5.74) is 5.30. The van der Waals surface area contributed by atoms with Gasteiger partial charge < -0.3 is 15.3 Å². The highest BCUT2D eigenvalue weighted by atomic mass is 16.7. The predicted molar refractivity (Wildman–Crippen MR) is 42.3 cm³/mol. The lowest BCUT2D eigenvalue weighted by Gasteiger charge is -2.36. The Bertz CT molecular complexity index is 221. The zero-order valence-electron chi connectivity index (χ0n) is 7.16. The van der Waals surface area contributed by atoms with Crippen LogP contribution in [0.2, 0.25) is 0 Å². The van der Waals surface area contributed by atoms with Crippen molar-refractivity contribution in [2.24, 2.45) is 16.3 Å². The van der Waals surface area contributed by atoms with Crippen LogP contribution in [0.15, 0.2) is 5.16 Å². The topological polar surface area (TPSA) is 73.9 Å². The zero-order chi connectivity index (χ0) is 9.19. The number of nitrogens with two attached hydrogens (primary N) is 1. The van der Waals surface area contributed by atoms with Crippen molar-refractivity contribution in [2.75, 3.05) is 13.2 Å². The van der Waals surface area contributed by atoms with Crippen LogP contribution in [0.1, 0.15) is 13.8 Å². The van der Waals surface area contributed by atoms with Crippen LogP contribution >= 0.6 is 0 Å². The molecule has 1 aliphatic heterocycles. The summed E-state index contributed by atoms with van der Waals surface area (Å²) in [6.45, 7) is 4.24. The molecule has 0 aliphatic carbocycles. The molecule has 1 aliphatic rings. The quantitative estimate of drug-likeness (QED) is 0.272. The second kappa shape index (κ2) is 3.10. The lowest BCUT2D eigenvalue weighted by atomic mass is 9.87. The SMILES string of the molecule is CC(=O)ON=C(N)C1(C)COC1. The molecule has 1 heterocycles. The highest BCUT2D eigenvalue weighted by molar-refractivity contribution is 5.87. The number of ether oxygens (including phenoxy) is 1. The number of carbonyl (C=O) groups is 1. The van der Waals surface area contributed by atoms with E-state index in [-0.39, 0.29) is 5.41 Å². The minimum atomic E-state index is -0.471. The normalized spacial score (nSPS) is 21.3. The first-order valence-electron chi connectivity index (χ1n) is 3.64. The van der Waals surface area contributed by atoms with Crippen molar-refractivity contribution >= 4 is 11.8 Å². The van der Waals surface area contributed by atoms with Gasteiger partial charge >= 0.3 is 5.97 Å². The van der Waals surface area contributed by atoms with Gasteiger partial charge in [-0.05, 0) is 6.92 Å². The van der Waals surface area contributed by atoms with Gasteiger partial charge in [-0.25, -0.2) is 4.79 Å². The van der Waals surface area contributed by atoms with Crippen LogP contribution < -0.4 is 5.73 Å². The third-order valence-corrected chi connectivity index (χ3v) is 1.73. The first kappa shape index (κ1) is 8.99. The average molecular weight is 172 g/mol. The molecule has 5 heteroatoms. The van der Waals surface area contributed by atoms with Gasteiger partial charge in [0.05, 0.1) is 18.6 Å². The van der Waals surface area contributed by atoms with E-state index in [0.29, 0.717) is 19.0 Å². The molecule has 2 N–H and O–H groups in total. The van der Waals surface area contributed by atoms with Gasteiger partial charge in [0.1, 0.15) is 0 Å². The van der Waals surface area contributed by atoms with Crippen LogP contribution in [0.25, 0.3) is 0 Å². The first-order valence-corrected chi connectivity index (χ1v) is 3.64. The van der Waals surface area contributed by atoms with E-state index in [2.05, 4.69) is 9.99 Å². The largest absolute Gasteiger partial charge is 0.384 e. The Balaban J connectivity index is 2.50. The van der Waals surface area contributed by atoms with Gasteiger partial charge in [0.25, 0.3) is 0 Å². The third kappa shape index (κ3) is 1.73. The summed E-state index contributed by atoms with van der Waals surface area (Å²) in [5.74, 6) is -0.161. The molecule has 0 unspecified atom stereocenters. The van der Waals surface area contributed by atoms with E-state index in [4.69, 9.17) is 10.5 Å². The number of rotatable bonds is 2. The minimum absolute atomic E-state index is 0.255. The van der Waals surface area contributed by atoms with Gasteiger partial charge in [-0.1, -0.05) is 5.16 Å². The monoisotopic (exact) mass is 172 g/mol. The number of hydrogen-bond acceptors (Lipinski definition) is 4. The van der Waals surface area contributed by atoms with Crippen LogP contribution in [-0.4, -0.2) is 25.0 Å². The average Bonchev–Trinajstić information content (AvgIpc) is 1.95. The minimum Gasteiger partial charge on any atom is -0.384 e. The number of nitrogens with zero attached hydrogens (tertiary/aromatic N) is 1. The Morgan fingerprint density at radius 2 is 2.25 bits per heavy atom. The van der Waals surface area contributed by atoms with Gasteiger partial charge in [0.15, 0.2) is 5.84 Å². The molecule has 0 atom stereocenters. The molecule has 0 amide bonds. The fourth-order valence-corrected chi connectivity index (χ4v) is 0.780. The molecule has 0 spiro atoms. The predicted octanol–water partition coefficient (Wildman–Crippen LogP) is -0.142. The standard InChI is InChI=1S/C7H12N2O3/c1-5(10)12-9-6(8)7(2)3-11-4-7/h3-4H2,1-2H3,(H2,8,9). The highest BCUT2D eigenvalue weighted by Gasteiger charge is 2.38. The Morgan fingerprint density at radius 1 is 1.67 bits per heavy atom. The summed E-state index contributed by atoms with van der Waals surface area (Å²) in [6.07, 6.45) is 0. The lowest BCUT2D eigenvalue weighted by molar-refractivity contribution is -0.141. The fourth-order valence-electron chi connectivity index (χ4n) is 0.780. The van der Waals surface area contributed by atoms with Crippen molar-refractivity contribution in [2.45, 2.75) is 13.8 Å². The van der Waals surface area contributed by atoms with E-state index in [9.17, 15) is 4.79 Å². The molecule has 1 rings (SSSR count). The molecule has 1 saturated heterocycles. The Hall–Kier alpha value is -1.10. The highest BCUT2D eigenvalue weighted by Crippen LogP contribution is 2.26. The molecule has 0 aromatic heterocycles. The molecule has 0 aromatic rings. The molecule has 12 heavy (non-hydrogen) atoms. The smallest absolute Gasteiger partial charge is 0.332 e. The van der Waals surface area contributed by atoms with Crippen molar-refractivity contribution in [3.63, 3.8) is 0 Å². The van der Waals surface area contributed by atoms with Gasteiger partial charge in [-0.3, -0.25) is 0 Å². The van der Waals surface area contributed by atoms with Crippen LogP contribution in [0.5, 0.6) is 0 Å². The maximum absolute atomic E-state index is 10.4. The van der Waals surface area contributed by atoms with E-state index in [1.807, 2.05) is 6.92 Å². The summed E-state index contributed by atoms with van der Waals surface area (Å²) in [4.78, 5) is 14.8. The number of hydrogen-bond donors (Lipinski definition) is 1. The van der Waals surface area contributed by atoms with Gasteiger partial charge in [-0.2, -0.15) is 0 Å². The Morgan fingerprint density at radius 3 is 2.58 bits per heavy atom. The van der Waals surface area contributed by atoms with Crippen LogP contribution in [-0.2, 0) is 14.4 Å². The van der Waals surface area contributed by atoms with E-state index >= 15 is 0 Å². The molecule has 68 valence electrons. The summed E-state index contributed by atoms with van der Waals surface area (Å²) < 4.78 is 4.96. The summed E-state index contributed by atoms with van der Waals surface area (Å²) >= 11 is 0. The molecule has 0 saturated carbocycles. The number of amidine groups is 1. The van der Waals surface area contributed by atoms with E-state index in [1.54, 1.807) is 0 Å². The molecular formula is C7H12N2O3. The van der Waals surface area contributed by atoms with Crippen molar-refractivity contribution in [3.05, 3.63) is 0 Å². The molecule has 0 radical (unpaired) electrons. The molecule has 5 nitrogen and oxygen atoms in total. The summed E-state index contributed by atoms with van der Waals surface area (Å²) in [7, 11) is 0. The van der Waals surface area contributed by atoms with Gasteiger partial charge in [-0.15, -0.1) is 0 Å². The van der Waals surface area contributed by atoms with E-state index in [0.717, 1.165) is 0 Å². The van der Waals surface area contributed by atoms with Crippen LogP contribution in [0.3, 0.4) is 0 Å². The lowest BCUT2D eigenvalue weighted by Crippen LogP contribution is -2.50. The van der Waals surface area contributed by atoms with Gasteiger partial charge in [0, 0.05) is 6.92 Å². The van der Waals surface area contributed by atoms with Crippen molar-refractivity contribution in [1.82, 2.24) is 0 Å². The number of carbonyl (C=O) groups excluding carboxylic acids is 1. The van der Waals surface area contributed by atoms with Gasteiger partial charge in [0.2, 0.25) is 0 Å². The van der Waals surface area contributed by atoms with E-state index in [1.165, 1.54) is 6.92 Å². The van der Waals surface area contributed by atoms with Crippen molar-refractivity contribution < 1.29 is 14.4 Å². The van der Waals surface area contributed by atoms with E-state index < -0.39 is 5.97 Å². The summed E-state index contributed by atoms with van der Waals surface area (Å²) in [5, 5.41) is 3.48. The second-order valence-electron chi connectivity index (χ2n) is 3.11. The fraction of sp³-hybridized carbons (Fsp3) is 0.714. The molecule has 1 fully saturated rings. The molecular weight excluding hydrogens is 160 g/mol. The van der Waals surface area contributed by atoms with Crippen LogP contribution in [0.4, 0.5) is 0 Å². The Labute approximate surface area is 70.5 Å². The van der Waals surface area contributed by atoms with Crippen molar-refractivity contribution in [1.29, 1.82) is 0 Å². The van der Waals surface area contributed by atoms with Crippen molar-refractivity contribution in [3.8, 4) is 0 Å². The molecule has 0 bridgehead atoms. The second-order valence-corrected chi connectivity index (χ2v) is 3.11. The first-order chi connectivity index (χ1) is 5.54. The van der Waals surface area contributed by atoms with Crippen LogP contribution in [0, 0.1) is 5.41 Å². The third-order valence-electron chi connectivity index (χ3n) is 1.73. The number of oxime groups is 1. The Kier molecular flexibility index (Phi) is 2.32. The molecule has 0 aromatic carbocycles. The summed E-state index contributed by atoms with van der Waals surface area (Å²) in [6, 6.07) is 0. The maximum atomic E-state index is 10.4.